The summed E-state index contributed by atoms with van der Waals surface area (Å²) in [5, 5.41) is 2.22. The van der Waals surface area contributed by atoms with Gasteiger partial charge in [-0.3, -0.25) is 24.6 Å². The van der Waals surface area contributed by atoms with Gasteiger partial charge in [-0.2, -0.15) is 0 Å². The first-order valence-corrected chi connectivity index (χ1v) is 8.66. The third-order valence-electron chi connectivity index (χ3n) is 4.83. The molecule has 4 rings (SSSR count). The van der Waals surface area contributed by atoms with E-state index in [-0.39, 0.29) is 30.5 Å². The van der Waals surface area contributed by atoms with E-state index in [1.165, 1.54) is 55.2 Å². The van der Waals surface area contributed by atoms with Crippen molar-refractivity contribution in [1.29, 1.82) is 0 Å². The van der Waals surface area contributed by atoms with Crippen LogP contribution in [0.3, 0.4) is 0 Å². The summed E-state index contributed by atoms with van der Waals surface area (Å²) in [6, 6.07) is 3.59. The van der Waals surface area contributed by atoms with E-state index in [4.69, 9.17) is 0 Å². The topological polar surface area (TPSA) is 75.7 Å². The summed E-state index contributed by atoms with van der Waals surface area (Å²) in [6.07, 6.45) is 8.01. The Morgan fingerprint density at radius 2 is 1.76 bits per heavy atom. The molecular formula is C18H21FN2O4. The van der Waals surface area contributed by atoms with Crippen LogP contribution in [0.25, 0.3) is 0 Å². The highest BCUT2D eigenvalue weighted by Gasteiger charge is 2.39. The van der Waals surface area contributed by atoms with Crippen molar-refractivity contribution in [2.45, 2.75) is 57.5 Å². The normalized spacial score (nSPS) is 22.2. The Labute approximate surface area is 145 Å². The second-order valence-electron chi connectivity index (χ2n) is 6.56. The zero-order valence-corrected chi connectivity index (χ0v) is 13.9. The van der Waals surface area contributed by atoms with Crippen LogP contribution in [0.2, 0.25) is 0 Å². The molecule has 0 radical (unpaired) electrons. The summed E-state index contributed by atoms with van der Waals surface area (Å²) >= 11 is 0. The zero-order valence-electron chi connectivity index (χ0n) is 13.9. The van der Waals surface area contributed by atoms with Gasteiger partial charge >= 0.3 is 0 Å². The van der Waals surface area contributed by atoms with E-state index in [1.54, 1.807) is 0 Å². The van der Waals surface area contributed by atoms with Gasteiger partial charge in [-0.05, 0) is 30.2 Å². The second-order valence-corrected chi connectivity index (χ2v) is 6.56. The number of amides is 3. The van der Waals surface area contributed by atoms with Crippen LogP contribution in [0.1, 0.15) is 60.9 Å². The molecule has 2 aliphatic heterocycles. The molecule has 0 spiro atoms. The number of hydrogen-bond acceptors (Lipinski definition) is 4. The molecule has 1 aromatic carbocycles. The SMILES string of the molecule is C1CCCC1.O=C1CCC(N2Cc3cc(OF)ccc3C2=O)C(=O)N1. The minimum Gasteiger partial charge on any atom is -0.322 e. The molecule has 2 fully saturated rings. The lowest BCUT2D eigenvalue weighted by Crippen LogP contribution is -2.52. The number of nitrogens with one attached hydrogen (secondary N) is 1. The van der Waals surface area contributed by atoms with Gasteiger partial charge in [0, 0.05) is 23.1 Å². The van der Waals surface area contributed by atoms with Gasteiger partial charge in [0.2, 0.25) is 11.8 Å². The molecular weight excluding hydrogens is 327 g/mol. The Morgan fingerprint density at radius 1 is 1.08 bits per heavy atom. The van der Waals surface area contributed by atoms with Crippen LogP contribution < -0.4 is 10.3 Å². The summed E-state index contributed by atoms with van der Waals surface area (Å²) in [5.41, 5.74) is 1.03. The van der Waals surface area contributed by atoms with Crippen molar-refractivity contribution in [3.8, 4) is 5.75 Å². The van der Waals surface area contributed by atoms with Crippen LogP contribution in [0.4, 0.5) is 4.53 Å². The largest absolute Gasteiger partial charge is 0.322 e. The minimum atomic E-state index is -0.664. The molecule has 0 aromatic heterocycles. The van der Waals surface area contributed by atoms with E-state index in [1.807, 2.05) is 0 Å². The van der Waals surface area contributed by atoms with Crippen LogP contribution in [-0.4, -0.2) is 28.7 Å². The molecule has 7 heteroatoms. The maximum absolute atomic E-state index is 12.2. The molecule has 3 aliphatic rings. The summed E-state index contributed by atoms with van der Waals surface area (Å²) in [6.45, 7) is 0.206. The summed E-state index contributed by atoms with van der Waals surface area (Å²) in [4.78, 5) is 40.2. The second kappa shape index (κ2) is 7.63. The smallest absolute Gasteiger partial charge is 0.255 e. The highest BCUT2D eigenvalue weighted by molar-refractivity contribution is 6.05. The number of rotatable bonds is 2. The fraction of sp³-hybridized carbons (Fsp3) is 0.500. The first-order chi connectivity index (χ1) is 12.1. The number of nitrogens with zero attached hydrogens (tertiary/aromatic N) is 1. The van der Waals surface area contributed by atoms with Crippen molar-refractivity contribution >= 4 is 17.7 Å². The van der Waals surface area contributed by atoms with Crippen molar-refractivity contribution in [3.63, 3.8) is 0 Å². The van der Waals surface area contributed by atoms with Gasteiger partial charge in [0.1, 0.15) is 6.04 Å². The maximum atomic E-state index is 12.2. The average Bonchev–Trinajstić information content (AvgIpc) is 3.27. The molecule has 1 atom stereocenters. The Bertz CT molecular complexity index is 680. The zero-order chi connectivity index (χ0) is 17.8. The lowest BCUT2D eigenvalue weighted by atomic mass is 10.0. The Morgan fingerprint density at radius 3 is 2.36 bits per heavy atom. The van der Waals surface area contributed by atoms with E-state index in [0.29, 0.717) is 17.5 Å². The first-order valence-electron chi connectivity index (χ1n) is 8.66. The number of carbonyl (C=O) groups excluding carboxylic acids is 3. The average molecular weight is 348 g/mol. The lowest BCUT2D eigenvalue weighted by molar-refractivity contribution is -0.136. The van der Waals surface area contributed by atoms with Gasteiger partial charge in [-0.25, -0.2) is 0 Å². The standard InChI is InChI=1S/C13H11FN2O4.C5H10/c14-20-8-1-2-9-7(5-8)6-16(13(9)19)10-3-4-11(17)15-12(10)18;1-2-4-5-3-1/h1-2,5,10H,3-4,6H2,(H,15,17,18);1-5H2. The summed E-state index contributed by atoms with van der Waals surface area (Å²) in [5.74, 6) is -1.07. The number of fused-ring (bicyclic) bond motifs is 1. The third kappa shape index (κ3) is 3.81. The van der Waals surface area contributed by atoms with Gasteiger partial charge in [-0.15, -0.1) is 0 Å². The van der Waals surface area contributed by atoms with Gasteiger partial charge in [-0.1, -0.05) is 32.1 Å². The Kier molecular flexibility index (Phi) is 5.31. The lowest BCUT2D eigenvalue weighted by Gasteiger charge is -2.29. The summed E-state index contributed by atoms with van der Waals surface area (Å²) in [7, 11) is 0. The van der Waals surface area contributed by atoms with Gasteiger partial charge in [0.15, 0.2) is 5.75 Å². The number of benzene rings is 1. The maximum Gasteiger partial charge on any atom is 0.255 e. The molecule has 1 saturated heterocycles. The van der Waals surface area contributed by atoms with Crippen LogP contribution >= 0.6 is 0 Å². The number of imide groups is 1. The highest BCUT2D eigenvalue weighted by Crippen LogP contribution is 2.30. The highest BCUT2D eigenvalue weighted by atomic mass is 19.3. The van der Waals surface area contributed by atoms with Crippen molar-refractivity contribution in [1.82, 2.24) is 10.2 Å². The Hall–Kier alpha value is -2.44. The molecule has 134 valence electrons. The molecule has 0 bridgehead atoms. The number of halogens is 1. The number of carbonyl (C=O) groups is 3. The molecule has 1 unspecified atom stereocenters. The van der Waals surface area contributed by atoms with E-state index in [0.717, 1.165) is 0 Å². The molecule has 1 aliphatic carbocycles. The van der Waals surface area contributed by atoms with E-state index in [2.05, 4.69) is 10.3 Å². The fourth-order valence-electron chi connectivity index (χ4n) is 3.48. The quantitative estimate of drug-likeness (QED) is 0.834. The monoisotopic (exact) mass is 348 g/mol. The molecule has 1 aromatic rings. The minimum absolute atomic E-state index is 0.0154. The fourth-order valence-corrected chi connectivity index (χ4v) is 3.48. The predicted octanol–water partition coefficient (Wildman–Crippen LogP) is 2.66. The van der Waals surface area contributed by atoms with Gasteiger partial charge < -0.3 is 4.90 Å². The van der Waals surface area contributed by atoms with Gasteiger partial charge in [0.05, 0.1) is 0 Å². The van der Waals surface area contributed by atoms with Crippen LogP contribution in [-0.2, 0) is 16.1 Å². The van der Waals surface area contributed by atoms with E-state index in [9.17, 15) is 18.9 Å². The van der Waals surface area contributed by atoms with Crippen molar-refractivity contribution in [2.75, 3.05) is 0 Å². The number of hydrogen-bond donors (Lipinski definition) is 1. The molecule has 6 nitrogen and oxygen atoms in total. The summed E-state index contributed by atoms with van der Waals surface area (Å²) < 4.78 is 12.1. The van der Waals surface area contributed by atoms with E-state index >= 15 is 0 Å². The Balaban J connectivity index is 0.000000314. The van der Waals surface area contributed by atoms with Crippen molar-refractivity contribution < 1.29 is 23.9 Å². The molecule has 25 heavy (non-hydrogen) atoms. The molecule has 1 saturated carbocycles. The molecule has 1 N–H and O–H groups in total. The first kappa shape index (κ1) is 17.4. The molecule has 2 heterocycles. The molecule has 3 amide bonds. The third-order valence-corrected chi connectivity index (χ3v) is 4.83. The van der Waals surface area contributed by atoms with Gasteiger partial charge in [0.25, 0.3) is 5.91 Å². The van der Waals surface area contributed by atoms with Crippen LogP contribution in [0.5, 0.6) is 5.75 Å². The number of piperidine rings is 1. The van der Waals surface area contributed by atoms with Crippen molar-refractivity contribution in [3.05, 3.63) is 29.3 Å². The predicted molar refractivity (Wildman–Crippen MR) is 87.3 cm³/mol. The van der Waals surface area contributed by atoms with Crippen LogP contribution in [0.15, 0.2) is 18.2 Å². The van der Waals surface area contributed by atoms with Crippen LogP contribution in [0, 0.1) is 0 Å². The van der Waals surface area contributed by atoms with E-state index < -0.39 is 11.9 Å². The van der Waals surface area contributed by atoms with Crippen molar-refractivity contribution in [2.24, 2.45) is 0 Å².